The first-order valence-corrected chi connectivity index (χ1v) is 8.78. The average molecular weight is 395 g/mol. The minimum absolute atomic E-state index is 0.217. The van der Waals surface area contributed by atoms with Gasteiger partial charge in [0.15, 0.2) is 11.5 Å². The lowest BCUT2D eigenvalue weighted by Crippen LogP contribution is -2.41. The van der Waals surface area contributed by atoms with Gasteiger partial charge in [-0.2, -0.15) is 0 Å². The van der Waals surface area contributed by atoms with Crippen molar-refractivity contribution in [2.24, 2.45) is 5.92 Å². The third kappa shape index (κ3) is 5.17. The maximum absolute atomic E-state index is 12.4. The molecule has 2 rings (SSSR count). The third-order valence-electron chi connectivity index (χ3n) is 3.63. The van der Waals surface area contributed by atoms with Gasteiger partial charge >= 0.3 is 0 Å². The topological polar surface area (TPSA) is 89.8 Å². The molecular formula is C19H23ClN2O5. The Balaban J connectivity index is 2.10. The van der Waals surface area contributed by atoms with Gasteiger partial charge in [-0.25, -0.2) is 0 Å². The molecular weight excluding hydrogens is 372 g/mol. The van der Waals surface area contributed by atoms with Gasteiger partial charge in [-0.15, -0.1) is 0 Å². The maximum Gasteiger partial charge on any atom is 0.273 e. The van der Waals surface area contributed by atoms with E-state index in [4.69, 9.17) is 25.5 Å². The molecule has 0 saturated heterocycles. The molecule has 146 valence electrons. The largest absolute Gasteiger partial charge is 0.493 e. The molecule has 2 aromatic rings. The molecule has 0 spiro atoms. The van der Waals surface area contributed by atoms with Crippen molar-refractivity contribution in [1.82, 2.24) is 10.9 Å². The van der Waals surface area contributed by atoms with Crippen molar-refractivity contribution in [1.29, 1.82) is 0 Å². The number of rotatable bonds is 6. The molecule has 0 aliphatic carbocycles. The van der Waals surface area contributed by atoms with Crippen molar-refractivity contribution in [3.05, 3.63) is 45.9 Å². The number of carbonyl (C=O) groups is 2. The van der Waals surface area contributed by atoms with E-state index in [0.717, 1.165) is 0 Å². The van der Waals surface area contributed by atoms with Gasteiger partial charge in [-0.3, -0.25) is 20.4 Å². The predicted octanol–water partition coefficient (Wildman–Crippen LogP) is 3.67. The Labute approximate surface area is 162 Å². The molecule has 1 aromatic heterocycles. The molecule has 7 nitrogen and oxygen atoms in total. The number of aryl methyl sites for hydroxylation is 2. The van der Waals surface area contributed by atoms with E-state index in [0.29, 0.717) is 41.1 Å². The fraction of sp³-hybridized carbons (Fsp3) is 0.368. The zero-order valence-electron chi connectivity index (χ0n) is 15.9. The Morgan fingerprint density at radius 3 is 2.37 bits per heavy atom. The summed E-state index contributed by atoms with van der Waals surface area (Å²) in [5.41, 5.74) is 5.26. The van der Waals surface area contributed by atoms with E-state index in [1.54, 1.807) is 19.9 Å². The number of hydrogen-bond donors (Lipinski definition) is 2. The Morgan fingerprint density at radius 2 is 1.81 bits per heavy atom. The van der Waals surface area contributed by atoms with Crippen LogP contribution in [-0.4, -0.2) is 25.5 Å². The average Bonchev–Trinajstić information content (AvgIpc) is 2.95. The van der Waals surface area contributed by atoms with E-state index in [1.807, 2.05) is 13.8 Å². The van der Waals surface area contributed by atoms with E-state index in [1.165, 1.54) is 19.2 Å². The first kappa shape index (κ1) is 20.6. The zero-order chi connectivity index (χ0) is 20.1. The minimum atomic E-state index is -0.545. The van der Waals surface area contributed by atoms with Gasteiger partial charge < -0.3 is 13.9 Å². The number of hydrazine groups is 1. The molecule has 0 radical (unpaired) electrons. The van der Waals surface area contributed by atoms with Crippen LogP contribution in [0.5, 0.6) is 11.5 Å². The van der Waals surface area contributed by atoms with Crippen LogP contribution in [0, 0.1) is 19.8 Å². The quantitative estimate of drug-likeness (QED) is 0.729. The van der Waals surface area contributed by atoms with Gasteiger partial charge in [0, 0.05) is 5.56 Å². The van der Waals surface area contributed by atoms with Crippen LogP contribution < -0.4 is 20.3 Å². The van der Waals surface area contributed by atoms with E-state index >= 15 is 0 Å². The summed E-state index contributed by atoms with van der Waals surface area (Å²) in [6.07, 6.45) is 0. The van der Waals surface area contributed by atoms with Crippen molar-refractivity contribution in [2.45, 2.75) is 27.7 Å². The summed E-state index contributed by atoms with van der Waals surface area (Å²) >= 11 is 6.24. The molecule has 2 N–H and O–H groups in total. The third-order valence-corrected chi connectivity index (χ3v) is 3.91. The highest BCUT2D eigenvalue weighted by molar-refractivity contribution is 6.32. The summed E-state index contributed by atoms with van der Waals surface area (Å²) in [7, 11) is 1.46. The van der Waals surface area contributed by atoms with Crippen molar-refractivity contribution < 1.29 is 23.5 Å². The number of halogens is 1. The van der Waals surface area contributed by atoms with Crippen LogP contribution in [-0.2, 0) is 0 Å². The van der Waals surface area contributed by atoms with Gasteiger partial charge in [-0.05, 0) is 38.0 Å². The highest BCUT2D eigenvalue weighted by atomic mass is 35.5. The molecule has 0 bridgehead atoms. The van der Waals surface area contributed by atoms with Gasteiger partial charge in [0.05, 0.1) is 24.3 Å². The fourth-order valence-corrected chi connectivity index (χ4v) is 2.62. The van der Waals surface area contributed by atoms with Crippen molar-refractivity contribution in [3.8, 4) is 11.5 Å². The van der Waals surface area contributed by atoms with Gasteiger partial charge in [0.1, 0.15) is 11.5 Å². The molecule has 27 heavy (non-hydrogen) atoms. The van der Waals surface area contributed by atoms with Crippen LogP contribution in [0.2, 0.25) is 5.02 Å². The number of benzene rings is 1. The van der Waals surface area contributed by atoms with E-state index in [-0.39, 0.29) is 10.6 Å². The molecule has 0 fully saturated rings. The number of hydrogen-bond acceptors (Lipinski definition) is 5. The second-order valence-electron chi connectivity index (χ2n) is 6.43. The predicted molar refractivity (Wildman–Crippen MR) is 101 cm³/mol. The number of furan rings is 1. The van der Waals surface area contributed by atoms with Crippen molar-refractivity contribution >= 4 is 23.4 Å². The lowest BCUT2D eigenvalue weighted by molar-refractivity contribution is 0.0845. The van der Waals surface area contributed by atoms with Crippen molar-refractivity contribution in [3.63, 3.8) is 0 Å². The Bertz CT molecular complexity index is 845. The van der Waals surface area contributed by atoms with E-state index in [9.17, 15) is 9.59 Å². The molecule has 1 aromatic carbocycles. The normalized spacial score (nSPS) is 10.6. The lowest BCUT2D eigenvalue weighted by Gasteiger charge is -2.15. The van der Waals surface area contributed by atoms with Crippen LogP contribution in [0.25, 0.3) is 0 Å². The number of amides is 2. The van der Waals surface area contributed by atoms with Gasteiger partial charge in [0.2, 0.25) is 0 Å². The first-order chi connectivity index (χ1) is 12.7. The highest BCUT2D eigenvalue weighted by Crippen LogP contribution is 2.36. The van der Waals surface area contributed by atoms with Gasteiger partial charge in [-0.1, -0.05) is 25.4 Å². The highest BCUT2D eigenvalue weighted by Gasteiger charge is 2.18. The molecule has 8 heteroatoms. The Morgan fingerprint density at radius 1 is 1.15 bits per heavy atom. The summed E-state index contributed by atoms with van der Waals surface area (Å²) < 4.78 is 16.2. The number of nitrogens with one attached hydrogen (secondary N) is 2. The zero-order valence-corrected chi connectivity index (χ0v) is 16.7. The number of ether oxygens (including phenoxy) is 2. The molecule has 0 unspecified atom stereocenters. The summed E-state index contributed by atoms with van der Waals surface area (Å²) in [6, 6.07) is 4.54. The first-order valence-electron chi connectivity index (χ1n) is 8.41. The van der Waals surface area contributed by atoms with Crippen LogP contribution in [0.4, 0.5) is 0 Å². The summed E-state index contributed by atoms with van der Waals surface area (Å²) in [4.78, 5) is 24.5. The SMILES string of the molecule is COc1cc(C(=O)NNC(=O)c2cc(C)oc2C)cc(Cl)c1OCC(C)C. The standard InChI is InChI=1S/C19H23ClN2O5/c1-10(2)9-26-17-15(20)7-13(8-16(17)25-5)18(23)21-22-19(24)14-6-11(3)27-12(14)4/h6-8,10H,9H2,1-5H3,(H,21,23)(H,22,24). The molecule has 0 aliphatic rings. The van der Waals surface area contributed by atoms with Crippen LogP contribution >= 0.6 is 11.6 Å². The Hall–Kier alpha value is -2.67. The van der Waals surface area contributed by atoms with Crippen LogP contribution in [0.1, 0.15) is 46.1 Å². The summed E-state index contributed by atoms with van der Waals surface area (Å²) in [6.45, 7) is 7.88. The Kier molecular flexibility index (Phi) is 6.74. The maximum atomic E-state index is 12.4. The minimum Gasteiger partial charge on any atom is -0.493 e. The second-order valence-corrected chi connectivity index (χ2v) is 6.84. The van der Waals surface area contributed by atoms with E-state index < -0.39 is 11.8 Å². The van der Waals surface area contributed by atoms with Crippen LogP contribution in [0.15, 0.2) is 22.6 Å². The lowest BCUT2D eigenvalue weighted by atomic mass is 10.2. The smallest absolute Gasteiger partial charge is 0.273 e. The fourth-order valence-electron chi connectivity index (χ4n) is 2.35. The molecule has 2 amide bonds. The molecule has 0 saturated carbocycles. The number of carbonyl (C=O) groups excluding carboxylic acids is 2. The molecule has 0 aliphatic heterocycles. The monoisotopic (exact) mass is 394 g/mol. The number of methoxy groups -OCH3 is 1. The van der Waals surface area contributed by atoms with Gasteiger partial charge in [0.25, 0.3) is 11.8 Å². The second kappa shape index (κ2) is 8.81. The van der Waals surface area contributed by atoms with Crippen LogP contribution in [0.3, 0.4) is 0 Å². The molecule has 0 atom stereocenters. The summed E-state index contributed by atoms with van der Waals surface area (Å²) in [5.74, 6) is 1.07. The summed E-state index contributed by atoms with van der Waals surface area (Å²) in [5, 5.41) is 0.243. The van der Waals surface area contributed by atoms with Crippen molar-refractivity contribution in [2.75, 3.05) is 13.7 Å². The molecule has 1 heterocycles. The van der Waals surface area contributed by atoms with E-state index in [2.05, 4.69) is 10.9 Å².